The SMILES string of the molecule is Cc1ccnc2nc(-c3ccccc3I)[nH]c12. The average Bonchev–Trinajstić information content (AvgIpc) is 2.75. The van der Waals surface area contributed by atoms with E-state index in [1.165, 1.54) is 9.13 Å². The Morgan fingerprint density at radius 3 is 2.76 bits per heavy atom. The molecule has 1 N–H and O–H groups in total. The molecule has 0 fully saturated rings. The van der Waals surface area contributed by atoms with Crippen molar-refractivity contribution in [3.8, 4) is 11.4 Å². The van der Waals surface area contributed by atoms with Crippen molar-refractivity contribution in [2.24, 2.45) is 0 Å². The maximum atomic E-state index is 4.53. The average molecular weight is 335 g/mol. The summed E-state index contributed by atoms with van der Waals surface area (Å²) in [5.41, 5.74) is 4.08. The van der Waals surface area contributed by atoms with Gasteiger partial charge in [-0.2, -0.15) is 0 Å². The summed E-state index contributed by atoms with van der Waals surface area (Å²) in [6, 6.07) is 10.2. The van der Waals surface area contributed by atoms with Crippen LogP contribution >= 0.6 is 22.6 Å². The van der Waals surface area contributed by atoms with Gasteiger partial charge in [-0.1, -0.05) is 18.2 Å². The van der Waals surface area contributed by atoms with E-state index >= 15 is 0 Å². The molecule has 1 aromatic carbocycles. The van der Waals surface area contributed by atoms with Gasteiger partial charge in [0.1, 0.15) is 5.82 Å². The van der Waals surface area contributed by atoms with E-state index in [4.69, 9.17) is 0 Å². The second-order valence-electron chi connectivity index (χ2n) is 3.89. The number of hydrogen-bond acceptors (Lipinski definition) is 2. The van der Waals surface area contributed by atoms with E-state index in [-0.39, 0.29) is 0 Å². The first-order chi connectivity index (χ1) is 8.25. The van der Waals surface area contributed by atoms with Gasteiger partial charge in [0.15, 0.2) is 5.65 Å². The number of aryl methyl sites for hydroxylation is 1. The van der Waals surface area contributed by atoms with E-state index in [1.807, 2.05) is 18.2 Å². The van der Waals surface area contributed by atoms with Crippen LogP contribution in [0.25, 0.3) is 22.6 Å². The van der Waals surface area contributed by atoms with Crippen LogP contribution in [-0.2, 0) is 0 Å². The number of hydrogen-bond donors (Lipinski definition) is 1. The summed E-state index contributed by atoms with van der Waals surface area (Å²) >= 11 is 2.32. The summed E-state index contributed by atoms with van der Waals surface area (Å²) in [7, 11) is 0. The highest BCUT2D eigenvalue weighted by Gasteiger charge is 2.09. The molecule has 0 amide bonds. The number of halogens is 1. The third-order valence-electron chi connectivity index (χ3n) is 2.73. The van der Waals surface area contributed by atoms with Crippen molar-refractivity contribution in [1.29, 1.82) is 0 Å². The fraction of sp³-hybridized carbons (Fsp3) is 0.0769. The Bertz CT molecular complexity index is 688. The number of benzene rings is 1. The topological polar surface area (TPSA) is 41.6 Å². The molecule has 4 heteroatoms. The van der Waals surface area contributed by atoms with E-state index in [9.17, 15) is 0 Å². The van der Waals surface area contributed by atoms with E-state index < -0.39 is 0 Å². The first kappa shape index (κ1) is 10.7. The van der Waals surface area contributed by atoms with E-state index in [0.29, 0.717) is 0 Å². The van der Waals surface area contributed by atoms with Crippen molar-refractivity contribution in [2.45, 2.75) is 6.92 Å². The van der Waals surface area contributed by atoms with Gasteiger partial charge < -0.3 is 4.98 Å². The van der Waals surface area contributed by atoms with Crippen LogP contribution in [0.5, 0.6) is 0 Å². The Kier molecular flexibility index (Phi) is 2.58. The fourth-order valence-electron chi connectivity index (χ4n) is 1.82. The van der Waals surface area contributed by atoms with Crippen LogP contribution in [0.3, 0.4) is 0 Å². The molecule has 0 aliphatic rings. The van der Waals surface area contributed by atoms with Crippen LogP contribution in [0.2, 0.25) is 0 Å². The van der Waals surface area contributed by atoms with Crippen molar-refractivity contribution in [3.05, 3.63) is 45.7 Å². The maximum absolute atomic E-state index is 4.53. The molecule has 0 saturated heterocycles. The molecule has 0 radical (unpaired) electrons. The molecular weight excluding hydrogens is 325 g/mol. The number of aromatic nitrogens is 3. The molecular formula is C13H10IN3. The van der Waals surface area contributed by atoms with Crippen molar-refractivity contribution in [3.63, 3.8) is 0 Å². The molecule has 2 heterocycles. The summed E-state index contributed by atoms with van der Waals surface area (Å²) in [4.78, 5) is 12.1. The zero-order chi connectivity index (χ0) is 11.8. The Balaban J connectivity index is 2.26. The van der Waals surface area contributed by atoms with Gasteiger partial charge in [-0.15, -0.1) is 0 Å². The van der Waals surface area contributed by atoms with Gasteiger partial charge in [0, 0.05) is 15.3 Å². The molecule has 17 heavy (non-hydrogen) atoms. The summed E-state index contributed by atoms with van der Waals surface area (Å²) in [6.07, 6.45) is 1.79. The number of rotatable bonds is 1. The lowest BCUT2D eigenvalue weighted by molar-refractivity contribution is 1.29. The summed E-state index contributed by atoms with van der Waals surface area (Å²) in [5, 5.41) is 0. The maximum Gasteiger partial charge on any atom is 0.178 e. The minimum Gasteiger partial charge on any atom is -0.336 e. The molecule has 3 nitrogen and oxygen atoms in total. The van der Waals surface area contributed by atoms with Crippen molar-refractivity contribution >= 4 is 33.8 Å². The van der Waals surface area contributed by atoms with Crippen LogP contribution in [0.1, 0.15) is 5.56 Å². The highest BCUT2D eigenvalue weighted by atomic mass is 127. The van der Waals surface area contributed by atoms with Crippen molar-refractivity contribution < 1.29 is 0 Å². The third-order valence-corrected chi connectivity index (χ3v) is 3.67. The Hall–Kier alpha value is -1.43. The van der Waals surface area contributed by atoms with Crippen LogP contribution < -0.4 is 0 Å². The molecule has 3 rings (SSSR count). The van der Waals surface area contributed by atoms with Gasteiger partial charge in [-0.05, 0) is 47.2 Å². The summed E-state index contributed by atoms with van der Waals surface area (Å²) in [5.74, 6) is 0.881. The molecule has 0 atom stereocenters. The number of fused-ring (bicyclic) bond motifs is 1. The monoisotopic (exact) mass is 335 g/mol. The number of imidazole rings is 1. The van der Waals surface area contributed by atoms with Crippen molar-refractivity contribution in [1.82, 2.24) is 15.0 Å². The zero-order valence-electron chi connectivity index (χ0n) is 9.24. The number of H-pyrrole nitrogens is 1. The van der Waals surface area contributed by atoms with Gasteiger partial charge in [0.25, 0.3) is 0 Å². The highest BCUT2D eigenvalue weighted by Crippen LogP contribution is 2.25. The molecule has 0 bridgehead atoms. The predicted octanol–water partition coefficient (Wildman–Crippen LogP) is 3.54. The van der Waals surface area contributed by atoms with Crippen LogP contribution in [0.4, 0.5) is 0 Å². The lowest BCUT2D eigenvalue weighted by atomic mass is 10.2. The van der Waals surface area contributed by atoms with Gasteiger partial charge in [-0.25, -0.2) is 9.97 Å². The van der Waals surface area contributed by atoms with Gasteiger partial charge >= 0.3 is 0 Å². The standard InChI is InChI=1S/C13H10IN3/c1-8-6-7-15-13-11(8)16-12(17-13)9-4-2-3-5-10(9)14/h2-7H,1H3,(H,15,16,17). The third kappa shape index (κ3) is 1.82. The second-order valence-corrected chi connectivity index (χ2v) is 5.05. The summed E-state index contributed by atoms with van der Waals surface area (Å²) in [6.45, 7) is 2.06. The van der Waals surface area contributed by atoms with E-state index in [0.717, 1.165) is 22.6 Å². The first-order valence-corrected chi connectivity index (χ1v) is 6.40. The molecule has 0 aliphatic carbocycles. The molecule has 2 aromatic heterocycles. The molecule has 0 aliphatic heterocycles. The smallest absolute Gasteiger partial charge is 0.178 e. The molecule has 0 saturated carbocycles. The lowest BCUT2D eigenvalue weighted by Gasteiger charge is -1.98. The first-order valence-electron chi connectivity index (χ1n) is 5.32. The lowest BCUT2D eigenvalue weighted by Crippen LogP contribution is -1.83. The van der Waals surface area contributed by atoms with Crippen LogP contribution in [0.15, 0.2) is 36.5 Å². The normalized spacial score (nSPS) is 10.9. The van der Waals surface area contributed by atoms with Crippen molar-refractivity contribution in [2.75, 3.05) is 0 Å². The minimum absolute atomic E-state index is 0.777. The predicted molar refractivity (Wildman–Crippen MR) is 76.8 cm³/mol. The number of aromatic amines is 1. The molecule has 3 aromatic rings. The Labute approximate surface area is 112 Å². The summed E-state index contributed by atoms with van der Waals surface area (Å²) < 4.78 is 1.18. The molecule has 0 unspecified atom stereocenters. The number of nitrogens with one attached hydrogen (secondary N) is 1. The van der Waals surface area contributed by atoms with E-state index in [1.54, 1.807) is 6.20 Å². The quantitative estimate of drug-likeness (QED) is 0.691. The zero-order valence-corrected chi connectivity index (χ0v) is 11.4. The molecule has 84 valence electrons. The Morgan fingerprint density at radius 1 is 1.18 bits per heavy atom. The van der Waals surface area contributed by atoms with E-state index in [2.05, 4.69) is 56.6 Å². The highest BCUT2D eigenvalue weighted by molar-refractivity contribution is 14.1. The molecule has 0 spiro atoms. The minimum atomic E-state index is 0.777. The number of nitrogens with zero attached hydrogens (tertiary/aromatic N) is 2. The largest absolute Gasteiger partial charge is 0.336 e. The van der Waals surface area contributed by atoms with Crippen LogP contribution in [-0.4, -0.2) is 15.0 Å². The number of pyridine rings is 1. The Morgan fingerprint density at radius 2 is 2.00 bits per heavy atom. The van der Waals surface area contributed by atoms with Crippen LogP contribution in [0, 0.1) is 10.5 Å². The fourth-order valence-corrected chi connectivity index (χ4v) is 2.46. The van der Waals surface area contributed by atoms with Gasteiger partial charge in [-0.3, -0.25) is 0 Å². The van der Waals surface area contributed by atoms with Gasteiger partial charge in [0.2, 0.25) is 0 Å². The van der Waals surface area contributed by atoms with Gasteiger partial charge in [0.05, 0.1) is 5.52 Å². The second kappa shape index (κ2) is 4.10.